The normalized spacial score (nSPS) is 17.5. The van der Waals surface area contributed by atoms with Crippen LogP contribution in [0.5, 0.6) is 0 Å². The van der Waals surface area contributed by atoms with Gasteiger partial charge >= 0.3 is 0 Å². The second-order valence-corrected chi connectivity index (χ2v) is 6.05. The van der Waals surface area contributed by atoms with E-state index in [1.165, 1.54) is 0 Å². The number of carbonyl (C=O) groups is 1. The smallest absolute Gasteiger partial charge is 0.228 e. The molecule has 0 bridgehead atoms. The number of imidazole rings is 1. The Labute approximate surface area is 124 Å². The Morgan fingerprint density at radius 2 is 2.29 bits per heavy atom. The summed E-state index contributed by atoms with van der Waals surface area (Å²) < 4.78 is 3.76. The van der Waals surface area contributed by atoms with E-state index in [1.54, 1.807) is 17.2 Å². The van der Waals surface area contributed by atoms with Crippen LogP contribution in [0.25, 0.3) is 0 Å². The van der Waals surface area contributed by atoms with Gasteiger partial charge in [-0.25, -0.2) is 4.98 Å². The van der Waals surface area contributed by atoms with Crippen molar-refractivity contribution in [3.63, 3.8) is 0 Å². The average molecular weight is 287 g/mol. The van der Waals surface area contributed by atoms with Gasteiger partial charge in [0.2, 0.25) is 5.91 Å². The molecule has 2 aromatic rings. The molecule has 0 aromatic carbocycles. The topological polar surface area (TPSA) is 64.7 Å². The van der Waals surface area contributed by atoms with Crippen molar-refractivity contribution in [2.45, 2.75) is 39.3 Å². The van der Waals surface area contributed by atoms with Gasteiger partial charge in [-0.2, -0.15) is 5.10 Å². The number of hydrogen-bond acceptors (Lipinski definition) is 3. The molecule has 0 aliphatic heterocycles. The molecule has 1 saturated carbocycles. The van der Waals surface area contributed by atoms with E-state index in [1.807, 2.05) is 37.9 Å². The summed E-state index contributed by atoms with van der Waals surface area (Å²) in [5, 5.41) is 7.47. The molecule has 112 valence electrons. The molecule has 1 N–H and O–H groups in total. The Hall–Kier alpha value is -2.11. The molecule has 3 rings (SSSR count). The third-order valence-electron chi connectivity index (χ3n) is 4.25. The number of rotatable bonds is 5. The highest BCUT2D eigenvalue weighted by Crippen LogP contribution is 2.47. The SMILES string of the molecule is Cc1nn(C)cc1[C@@H](C)NC(=O)C1(Cn2ccnc2)CC1. The Morgan fingerprint density at radius 3 is 2.81 bits per heavy atom. The highest BCUT2D eigenvalue weighted by Gasteiger charge is 2.50. The predicted molar refractivity (Wildman–Crippen MR) is 78.4 cm³/mol. The van der Waals surface area contributed by atoms with Crippen LogP contribution in [0.1, 0.15) is 37.1 Å². The first-order chi connectivity index (χ1) is 10.00. The van der Waals surface area contributed by atoms with E-state index < -0.39 is 0 Å². The number of amides is 1. The first kappa shape index (κ1) is 13.9. The Balaban J connectivity index is 1.67. The van der Waals surface area contributed by atoms with Crippen LogP contribution in [0.2, 0.25) is 0 Å². The second-order valence-electron chi connectivity index (χ2n) is 6.05. The summed E-state index contributed by atoms with van der Waals surface area (Å²) in [5.41, 5.74) is 1.78. The lowest BCUT2D eigenvalue weighted by molar-refractivity contribution is -0.127. The fourth-order valence-electron chi connectivity index (χ4n) is 2.81. The largest absolute Gasteiger partial charge is 0.349 e. The number of hydrogen-bond donors (Lipinski definition) is 1. The second kappa shape index (κ2) is 5.02. The van der Waals surface area contributed by atoms with Crippen LogP contribution in [-0.4, -0.2) is 25.2 Å². The zero-order valence-corrected chi connectivity index (χ0v) is 12.7. The van der Waals surface area contributed by atoms with E-state index >= 15 is 0 Å². The number of carbonyl (C=O) groups excluding carboxylic acids is 1. The van der Waals surface area contributed by atoms with E-state index in [9.17, 15) is 4.79 Å². The number of aryl methyl sites for hydroxylation is 2. The molecular weight excluding hydrogens is 266 g/mol. The van der Waals surface area contributed by atoms with Crippen molar-refractivity contribution in [1.29, 1.82) is 0 Å². The lowest BCUT2D eigenvalue weighted by atomic mass is 10.0. The van der Waals surface area contributed by atoms with Gasteiger partial charge in [-0.3, -0.25) is 9.48 Å². The number of nitrogens with one attached hydrogen (secondary N) is 1. The molecule has 21 heavy (non-hydrogen) atoms. The molecule has 2 heterocycles. The maximum Gasteiger partial charge on any atom is 0.228 e. The first-order valence-electron chi connectivity index (χ1n) is 7.27. The van der Waals surface area contributed by atoms with Gasteiger partial charge in [-0.05, 0) is 26.7 Å². The number of aromatic nitrogens is 4. The minimum Gasteiger partial charge on any atom is -0.349 e. The lowest BCUT2D eigenvalue weighted by Gasteiger charge is -2.19. The van der Waals surface area contributed by atoms with Crippen molar-refractivity contribution in [1.82, 2.24) is 24.6 Å². The van der Waals surface area contributed by atoms with Crippen molar-refractivity contribution in [2.75, 3.05) is 0 Å². The fourth-order valence-corrected chi connectivity index (χ4v) is 2.81. The average Bonchev–Trinajstić information content (AvgIpc) is 2.86. The Kier molecular flexibility index (Phi) is 3.31. The first-order valence-corrected chi connectivity index (χ1v) is 7.27. The lowest BCUT2D eigenvalue weighted by Crippen LogP contribution is -2.36. The molecular formula is C15H21N5O. The molecule has 1 fully saturated rings. The molecule has 1 atom stereocenters. The zero-order valence-electron chi connectivity index (χ0n) is 12.7. The number of nitrogens with zero attached hydrogens (tertiary/aromatic N) is 4. The highest BCUT2D eigenvalue weighted by molar-refractivity contribution is 5.85. The molecule has 1 amide bonds. The summed E-state index contributed by atoms with van der Waals surface area (Å²) in [6, 6.07) is -0.0218. The monoisotopic (exact) mass is 287 g/mol. The van der Waals surface area contributed by atoms with Gasteiger partial charge in [-0.15, -0.1) is 0 Å². The van der Waals surface area contributed by atoms with E-state index in [-0.39, 0.29) is 17.4 Å². The predicted octanol–water partition coefficient (Wildman–Crippen LogP) is 1.58. The quantitative estimate of drug-likeness (QED) is 0.908. The van der Waals surface area contributed by atoms with Crippen molar-refractivity contribution in [3.05, 3.63) is 36.2 Å². The molecule has 1 aliphatic rings. The molecule has 0 unspecified atom stereocenters. The van der Waals surface area contributed by atoms with Crippen LogP contribution in [0.3, 0.4) is 0 Å². The van der Waals surface area contributed by atoms with Crippen LogP contribution in [0, 0.1) is 12.3 Å². The third-order valence-corrected chi connectivity index (χ3v) is 4.25. The Morgan fingerprint density at radius 1 is 1.52 bits per heavy atom. The van der Waals surface area contributed by atoms with Crippen molar-refractivity contribution >= 4 is 5.91 Å². The maximum atomic E-state index is 12.6. The van der Waals surface area contributed by atoms with Crippen molar-refractivity contribution in [2.24, 2.45) is 12.5 Å². The standard InChI is InChI=1S/C15H21N5O/c1-11(13-8-19(3)18-12(13)2)17-14(21)15(4-5-15)9-20-7-6-16-10-20/h6-8,10-11H,4-5,9H2,1-3H3,(H,17,21)/t11-/m1/s1. The van der Waals surface area contributed by atoms with Gasteiger partial charge in [0.25, 0.3) is 0 Å². The van der Waals surface area contributed by atoms with E-state index in [2.05, 4.69) is 15.4 Å². The van der Waals surface area contributed by atoms with Crippen LogP contribution in [0.15, 0.2) is 24.9 Å². The summed E-state index contributed by atoms with van der Waals surface area (Å²) >= 11 is 0. The molecule has 6 nitrogen and oxygen atoms in total. The molecule has 6 heteroatoms. The van der Waals surface area contributed by atoms with Gasteiger partial charge in [-0.1, -0.05) is 0 Å². The van der Waals surface area contributed by atoms with E-state index in [4.69, 9.17) is 0 Å². The summed E-state index contributed by atoms with van der Waals surface area (Å²) in [4.78, 5) is 16.6. The Bertz CT molecular complexity index is 639. The van der Waals surface area contributed by atoms with Gasteiger partial charge in [0, 0.05) is 37.7 Å². The van der Waals surface area contributed by atoms with E-state index in [0.29, 0.717) is 6.54 Å². The minimum absolute atomic E-state index is 0.0218. The van der Waals surface area contributed by atoms with Gasteiger partial charge in [0.15, 0.2) is 0 Å². The van der Waals surface area contributed by atoms with Crippen molar-refractivity contribution < 1.29 is 4.79 Å². The van der Waals surface area contributed by atoms with Gasteiger partial charge in [0.05, 0.1) is 23.5 Å². The van der Waals surface area contributed by atoms with Crippen molar-refractivity contribution in [3.8, 4) is 0 Å². The third kappa shape index (κ3) is 2.70. The molecule has 0 saturated heterocycles. The van der Waals surface area contributed by atoms with Gasteiger partial charge < -0.3 is 9.88 Å². The maximum absolute atomic E-state index is 12.6. The summed E-state index contributed by atoms with van der Waals surface area (Å²) in [6.07, 6.45) is 9.26. The molecule has 2 aromatic heterocycles. The van der Waals surface area contributed by atoms with Crippen LogP contribution < -0.4 is 5.32 Å². The fraction of sp³-hybridized carbons (Fsp3) is 0.533. The van der Waals surface area contributed by atoms with Crippen LogP contribution >= 0.6 is 0 Å². The van der Waals surface area contributed by atoms with E-state index in [0.717, 1.165) is 24.1 Å². The summed E-state index contributed by atoms with van der Waals surface area (Å²) in [7, 11) is 1.90. The molecule has 0 spiro atoms. The molecule has 1 aliphatic carbocycles. The summed E-state index contributed by atoms with van der Waals surface area (Å²) in [5.74, 6) is 0.131. The zero-order chi connectivity index (χ0) is 15.0. The van der Waals surface area contributed by atoms with Crippen LogP contribution in [-0.2, 0) is 18.4 Å². The highest BCUT2D eigenvalue weighted by atomic mass is 16.2. The minimum atomic E-state index is -0.259. The molecule has 0 radical (unpaired) electrons. The van der Waals surface area contributed by atoms with Crippen LogP contribution in [0.4, 0.5) is 0 Å². The van der Waals surface area contributed by atoms with Gasteiger partial charge in [0.1, 0.15) is 0 Å². The summed E-state index contributed by atoms with van der Waals surface area (Å²) in [6.45, 7) is 4.68.